The van der Waals surface area contributed by atoms with Gasteiger partial charge in [0.15, 0.2) is 6.29 Å². The zero-order chi connectivity index (χ0) is 35.1. The van der Waals surface area contributed by atoms with Crippen LogP contribution in [0.3, 0.4) is 0 Å². The lowest BCUT2D eigenvalue weighted by molar-refractivity contribution is -0.276. The standard InChI is InChI=1S/C42H50N2O5S/c1-29-38(25-44-28-42(4)23-36(44)22-41(2,3)27-42)48-40(49-39(29)32-18-16-30(26-45)17-19-32)35-13-9-12-34(21-35)33-11-8-10-31(20-33)24-43-50(46,47)37-14-6-5-7-15-37/h5-21,29,36,38-40,43,45H,22-28H2,1-4H3/t29-,36?,38+,39+,40+,42?/m0/s1. The lowest BCUT2D eigenvalue weighted by Crippen LogP contribution is -2.46. The van der Waals surface area contributed by atoms with E-state index in [1.165, 1.54) is 19.3 Å². The Morgan fingerprint density at radius 1 is 0.820 bits per heavy atom. The van der Waals surface area contributed by atoms with Gasteiger partial charge in [0, 0.05) is 37.2 Å². The largest absolute Gasteiger partial charge is 0.392 e. The van der Waals surface area contributed by atoms with Crippen LogP contribution in [0.1, 0.15) is 81.6 Å². The van der Waals surface area contributed by atoms with Gasteiger partial charge in [-0.3, -0.25) is 4.90 Å². The summed E-state index contributed by atoms with van der Waals surface area (Å²) in [4.78, 5) is 2.94. The van der Waals surface area contributed by atoms with Crippen molar-refractivity contribution in [3.05, 3.63) is 125 Å². The van der Waals surface area contributed by atoms with Crippen LogP contribution in [0.2, 0.25) is 0 Å². The third-order valence-electron chi connectivity index (χ3n) is 11.0. The topological polar surface area (TPSA) is 88.1 Å². The summed E-state index contributed by atoms with van der Waals surface area (Å²) in [6.07, 6.45) is 2.95. The molecule has 2 unspecified atom stereocenters. The van der Waals surface area contributed by atoms with Gasteiger partial charge in [0.2, 0.25) is 10.0 Å². The summed E-state index contributed by atoms with van der Waals surface area (Å²) in [6, 6.07) is 33.4. The average Bonchev–Trinajstić information content (AvgIpc) is 3.35. The molecule has 1 saturated carbocycles. The lowest BCUT2D eigenvalue weighted by atomic mass is 9.65. The number of rotatable bonds is 10. The summed E-state index contributed by atoms with van der Waals surface area (Å²) < 4.78 is 42.2. The molecule has 4 aromatic carbocycles. The molecular formula is C42H50N2O5S. The number of benzene rings is 4. The Balaban J connectivity index is 1.13. The molecule has 264 valence electrons. The molecule has 0 radical (unpaired) electrons. The van der Waals surface area contributed by atoms with E-state index in [1.807, 2.05) is 42.5 Å². The van der Waals surface area contributed by atoms with Crippen LogP contribution in [0, 0.1) is 16.7 Å². The minimum Gasteiger partial charge on any atom is -0.392 e. The molecule has 3 aliphatic rings. The smallest absolute Gasteiger partial charge is 0.240 e. The lowest BCUT2D eigenvalue weighted by Gasteiger charge is -2.43. The van der Waals surface area contributed by atoms with Gasteiger partial charge in [0.05, 0.1) is 23.7 Å². The zero-order valence-electron chi connectivity index (χ0n) is 29.6. The number of hydrogen-bond acceptors (Lipinski definition) is 6. The first kappa shape index (κ1) is 35.1. The Morgan fingerprint density at radius 3 is 2.28 bits per heavy atom. The molecule has 7 nitrogen and oxygen atoms in total. The SMILES string of the molecule is C[C@H]1[C@@H](CN2CC3(C)CC2CC(C)(C)C3)O[C@@H](c2cccc(-c3cccc(CNS(=O)(=O)c4ccccc4)c3)c2)O[C@H]1c1ccc(CO)cc1. The molecule has 2 aliphatic heterocycles. The Labute approximate surface area is 297 Å². The number of nitrogens with zero attached hydrogens (tertiary/aromatic N) is 1. The second kappa shape index (κ2) is 14.0. The van der Waals surface area contributed by atoms with E-state index in [4.69, 9.17) is 9.47 Å². The molecule has 1 aliphatic carbocycles. The summed E-state index contributed by atoms with van der Waals surface area (Å²) in [5.74, 6) is 0.118. The normalized spacial score (nSPS) is 28.1. The zero-order valence-corrected chi connectivity index (χ0v) is 30.4. The van der Waals surface area contributed by atoms with Gasteiger partial charge in [-0.25, -0.2) is 13.1 Å². The monoisotopic (exact) mass is 694 g/mol. The van der Waals surface area contributed by atoms with Crippen LogP contribution in [0.4, 0.5) is 0 Å². The Morgan fingerprint density at radius 2 is 1.54 bits per heavy atom. The quantitative estimate of drug-likeness (QED) is 0.175. The molecule has 50 heavy (non-hydrogen) atoms. The van der Waals surface area contributed by atoms with Crippen molar-refractivity contribution in [2.24, 2.45) is 16.7 Å². The van der Waals surface area contributed by atoms with E-state index in [0.29, 0.717) is 16.9 Å². The number of ether oxygens (including phenoxy) is 2. The van der Waals surface area contributed by atoms with Gasteiger partial charge in [-0.2, -0.15) is 0 Å². The molecule has 0 aromatic heterocycles. The highest BCUT2D eigenvalue weighted by Gasteiger charge is 2.51. The molecule has 4 aromatic rings. The van der Waals surface area contributed by atoms with E-state index in [0.717, 1.165) is 46.5 Å². The summed E-state index contributed by atoms with van der Waals surface area (Å²) in [5.41, 5.74) is 6.45. The predicted molar refractivity (Wildman–Crippen MR) is 196 cm³/mol. The van der Waals surface area contributed by atoms with Gasteiger partial charge in [-0.05, 0) is 82.2 Å². The van der Waals surface area contributed by atoms with Gasteiger partial charge < -0.3 is 14.6 Å². The molecule has 0 amide bonds. The summed E-state index contributed by atoms with van der Waals surface area (Å²) in [6.45, 7) is 11.7. The number of hydrogen-bond donors (Lipinski definition) is 2. The number of likely N-dealkylation sites (tertiary alicyclic amines) is 1. The van der Waals surface area contributed by atoms with E-state index in [-0.39, 0.29) is 36.2 Å². The molecule has 3 fully saturated rings. The van der Waals surface area contributed by atoms with Crippen molar-refractivity contribution in [1.29, 1.82) is 0 Å². The fourth-order valence-corrected chi connectivity index (χ4v) is 9.98. The average molecular weight is 695 g/mol. The fraction of sp³-hybridized carbons (Fsp3) is 0.429. The molecule has 2 N–H and O–H groups in total. The third-order valence-corrected chi connectivity index (χ3v) is 12.4. The minimum atomic E-state index is -3.62. The second-order valence-corrected chi connectivity index (χ2v) is 17.7. The van der Waals surface area contributed by atoms with Crippen molar-refractivity contribution in [2.75, 3.05) is 13.1 Å². The maximum atomic E-state index is 12.8. The molecule has 2 heterocycles. The Bertz CT molecular complexity index is 1900. The molecule has 2 saturated heterocycles. The van der Waals surface area contributed by atoms with Crippen molar-refractivity contribution >= 4 is 10.0 Å². The van der Waals surface area contributed by atoms with Crippen molar-refractivity contribution in [3.8, 4) is 11.1 Å². The highest BCUT2D eigenvalue weighted by atomic mass is 32.2. The van der Waals surface area contributed by atoms with Gasteiger partial charge in [0.1, 0.15) is 0 Å². The maximum Gasteiger partial charge on any atom is 0.240 e. The number of aliphatic hydroxyl groups is 1. The highest BCUT2D eigenvalue weighted by Crippen LogP contribution is 2.53. The van der Waals surface area contributed by atoms with E-state index in [2.05, 4.69) is 67.6 Å². The summed E-state index contributed by atoms with van der Waals surface area (Å²) in [7, 11) is -3.62. The van der Waals surface area contributed by atoms with Crippen molar-refractivity contribution < 1.29 is 23.0 Å². The van der Waals surface area contributed by atoms with Crippen LogP contribution in [-0.2, 0) is 32.6 Å². The van der Waals surface area contributed by atoms with Gasteiger partial charge in [-0.15, -0.1) is 0 Å². The van der Waals surface area contributed by atoms with E-state index >= 15 is 0 Å². The minimum absolute atomic E-state index is 0.00801. The molecular weight excluding hydrogens is 645 g/mol. The first-order chi connectivity index (χ1) is 23.9. The summed E-state index contributed by atoms with van der Waals surface area (Å²) >= 11 is 0. The van der Waals surface area contributed by atoms with Gasteiger partial charge in [-0.1, -0.05) is 107 Å². The molecule has 8 heteroatoms. The third kappa shape index (κ3) is 7.61. The highest BCUT2D eigenvalue weighted by molar-refractivity contribution is 7.89. The molecule has 7 rings (SSSR count). The first-order valence-corrected chi connectivity index (χ1v) is 19.4. The second-order valence-electron chi connectivity index (χ2n) is 15.9. The van der Waals surface area contributed by atoms with Crippen molar-refractivity contribution in [2.45, 2.75) is 89.5 Å². The fourth-order valence-electron chi connectivity index (χ4n) is 8.94. The van der Waals surface area contributed by atoms with Crippen LogP contribution in [0.5, 0.6) is 0 Å². The van der Waals surface area contributed by atoms with Crippen molar-refractivity contribution in [3.63, 3.8) is 0 Å². The van der Waals surface area contributed by atoms with Crippen LogP contribution < -0.4 is 4.72 Å². The van der Waals surface area contributed by atoms with Crippen LogP contribution in [0.15, 0.2) is 108 Å². The van der Waals surface area contributed by atoms with Gasteiger partial charge in [0.25, 0.3) is 0 Å². The molecule has 6 atom stereocenters. The summed E-state index contributed by atoms with van der Waals surface area (Å²) in [5, 5.41) is 9.68. The van der Waals surface area contributed by atoms with Crippen molar-refractivity contribution in [1.82, 2.24) is 9.62 Å². The number of sulfonamides is 1. The number of nitrogens with one attached hydrogen (secondary N) is 1. The predicted octanol–water partition coefficient (Wildman–Crippen LogP) is 8.02. The van der Waals surface area contributed by atoms with Crippen LogP contribution >= 0.6 is 0 Å². The van der Waals surface area contributed by atoms with Crippen LogP contribution in [-0.4, -0.2) is 43.7 Å². The molecule has 2 bridgehead atoms. The van der Waals surface area contributed by atoms with Crippen LogP contribution in [0.25, 0.3) is 11.1 Å². The molecule has 0 spiro atoms. The van der Waals surface area contributed by atoms with Gasteiger partial charge >= 0.3 is 0 Å². The Kier molecular flexibility index (Phi) is 9.80. The van der Waals surface area contributed by atoms with E-state index in [9.17, 15) is 13.5 Å². The number of aliphatic hydroxyl groups excluding tert-OH is 1. The van der Waals surface area contributed by atoms with E-state index in [1.54, 1.807) is 30.3 Å². The van der Waals surface area contributed by atoms with E-state index < -0.39 is 16.3 Å². The Hall–Kier alpha value is -3.37. The first-order valence-electron chi connectivity index (χ1n) is 17.9. The number of fused-ring (bicyclic) bond motifs is 2. The maximum absolute atomic E-state index is 12.8.